The van der Waals surface area contributed by atoms with Crippen molar-refractivity contribution in [1.82, 2.24) is 19.9 Å². The highest BCUT2D eigenvalue weighted by Gasteiger charge is 2.43. The SMILES string of the molecule is CC1(c2cc(NC(=O)Nc3ccc(-c4nn(C5CC5)c5ccnc(N)c45)cc3F)no2)CC1. The van der Waals surface area contributed by atoms with Crippen molar-refractivity contribution in [3.8, 4) is 11.3 Å². The lowest BCUT2D eigenvalue weighted by Crippen LogP contribution is -2.20. The number of fused-ring (bicyclic) bond motifs is 1. The average Bonchev–Trinajstić information content (AvgIpc) is 3.68. The lowest BCUT2D eigenvalue weighted by Gasteiger charge is -2.08. The van der Waals surface area contributed by atoms with Crippen molar-refractivity contribution in [2.45, 2.75) is 44.1 Å². The van der Waals surface area contributed by atoms with Crippen molar-refractivity contribution in [3.63, 3.8) is 0 Å². The second kappa shape index (κ2) is 7.03. The molecule has 2 amide bonds. The van der Waals surface area contributed by atoms with Crippen LogP contribution in [0, 0.1) is 5.82 Å². The summed E-state index contributed by atoms with van der Waals surface area (Å²) in [5.74, 6) is 0.779. The largest absolute Gasteiger partial charge is 0.383 e. The molecule has 0 saturated heterocycles. The number of benzene rings is 1. The van der Waals surface area contributed by atoms with Crippen LogP contribution < -0.4 is 16.4 Å². The summed E-state index contributed by atoms with van der Waals surface area (Å²) in [4.78, 5) is 16.5. The lowest BCUT2D eigenvalue weighted by atomic mass is 10.1. The summed E-state index contributed by atoms with van der Waals surface area (Å²) in [7, 11) is 0. The second-order valence-corrected chi connectivity index (χ2v) is 9.03. The summed E-state index contributed by atoms with van der Waals surface area (Å²) in [6.07, 6.45) is 5.81. The Kier molecular flexibility index (Phi) is 4.20. The molecule has 168 valence electrons. The van der Waals surface area contributed by atoms with E-state index in [4.69, 9.17) is 15.4 Å². The minimum absolute atomic E-state index is 0.000916. The van der Waals surface area contributed by atoms with E-state index in [0.29, 0.717) is 28.5 Å². The number of rotatable bonds is 5. The number of pyridine rings is 1. The zero-order chi connectivity index (χ0) is 22.7. The van der Waals surface area contributed by atoms with E-state index in [1.807, 2.05) is 10.7 Å². The molecule has 3 aromatic heterocycles. The van der Waals surface area contributed by atoms with E-state index in [1.54, 1.807) is 18.3 Å². The molecule has 9 nitrogen and oxygen atoms in total. The van der Waals surface area contributed by atoms with E-state index in [1.165, 1.54) is 12.1 Å². The van der Waals surface area contributed by atoms with Gasteiger partial charge in [-0.05, 0) is 43.9 Å². The highest BCUT2D eigenvalue weighted by Crippen LogP contribution is 2.48. The van der Waals surface area contributed by atoms with Gasteiger partial charge in [0, 0.05) is 23.2 Å². The molecule has 33 heavy (non-hydrogen) atoms. The minimum Gasteiger partial charge on any atom is -0.383 e. The summed E-state index contributed by atoms with van der Waals surface area (Å²) in [6.45, 7) is 2.08. The van der Waals surface area contributed by atoms with Gasteiger partial charge in [0.15, 0.2) is 5.82 Å². The van der Waals surface area contributed by atoms with E-state index < -0.39 is 11.8 Å². The van der Waals surface area contributed by atoms with Crippen LogP contribution in [0.5, 0.6) is 0 Å². The molecule has 0 atom stereocenters. The van der Waals surface area contributed by atoms with Gasteiger partial charge in [0.1, 0.15) is 23.1 Å². The Morgan fingerprint density at radius 3 is 2.79 bits per heavy atom. The molecule has 0 spiro atoms. The smallest absolute Gasteiger partial charge is 0.325 e. The molecule has 0 aliphatic heterocycles. The summed E-state index contributed by atoms with van der Waals surface area (Å²) < 4.78 is 22.2. The first kappa shape index (κ1) is 19.7. The molecule has 10 heteroatoms. The molecule has 0 bridgehead atoms. The standard InChI is InChI=1S/C23H22FN7O2/c1-23(7-8-23)17-11-18(30-33-17)28-22(32)27-15-5-2-12(10-14(15)24)20-19-16(6-9-26-21(19)25)31(29-20)13-3-4-13/h2,5-6,9-11,13H,3-4,7-8H2,1H3,(H2,25,26)(H2,27,28,30,32). The molecular formula is C23H22FN7O2. The monoisotopic (exact) mass is 447 g/mol. The number of urea groups is 1. The number of amides is 2. The van der Waals surface area contributed by atoms with E-state index in [-0.39, 0.29) is 16.9 Å². The van der Waals surface area contributed by atoms with Crippen LogP contribution in [-0.4, -0.2) is 26.0 Å². The maximum Gasteiger partial charge on any atom is 0.325 e. The highest BCUT2D eigenvalue weighted by atomic mass is 19.1. The Balaban J connectivity index is 1.24. The molecule has 1 aromatic carbocycles. The molecule has 2 fully saturated rings. The number of hydrogen-bond donors (Lipinski definition) is 3. The molecule has 0 radical (unpaired) electrons. The number of nitrogens with one attached hydrogen (secondary N) is 2. The van der Waals surface area contributed by atoms with Crippen LogP contribution in [0.2, 0.25) is 0 Å². The van der Waals surface area contributed by atoms with Crippen LogP contribution in [0.15, 0.2) is 41.1 Å². The molecule has 2 aliphatic carbocycles. The molecule has 2 aliphatic rings. The maximum absolute atomic E-state index is 14.9. The first-order valence-electron chi connectivity index (χ1n) is 10.9. The van der Waals surface area contributed by atoms with Crippen LogP contribution in [0.25, 0.3) is 22.2 Å². The first-order valence-corrected chi connectivity index (χ1v) is 10.9. The normalized spacial score (nSPS) is 16.7. The zero-order valence-corrected chi connectivity index (χ0v) is 17.9. The van der Waals surface area contributed by atoms with Crippen LogP contribution in [-0.2, 0) is 5.41 Å². The summed E-state index contributed by atoms with van der Waals surface area (Å²) >= 11 is 0. The number of carbonyl (C=O) groups is 1. The fraction of sp³-hybridized carbons (Fsp3) is 0.304. The summed E-state index contributed by atoms with van der Waals surface area (Å²) in [6, 6.07) is 7.83. The third-order valence-corrected chi connectivity index (χ3v) is 6.38. The Bertz CT molecular complexity index is 1400. The molecule has 4 N–H and O–H groups in total. The van der Waals surface area contributed by atoms with Crippen LogP contribution in [0.1, 0.15) is 44.4 Å². The molecule has 0 unspecified atom stereocenters. The van der Waals surface area contributed by atoms with Gasteiger partial charge in [0.25, 0.3) is 0 Å². The Hall–Kier alpha value is -3.95. The van der Waals surface area contributed by atoms with Gasteiger partial charge in [-0.3, -0.25) is 10.00 Å². The van der Waals surface area contributed by atoms with E-state index in [2.05, 4.69) is 27.7 Å². The molecule has 6 rings (SSSR count). The van der Waals surface area contributed by atoms with Gasteiger partial charge in [-0.25, -0.2) is 14.2 Å². The van der Waals surface area contributed by atoms with Gasteiger partial charge in [-0.2, -0.15) is 5.10 Å². The maximum atomic E-state index is 14.9. The third-order valence-electron chi connectivity index (χ3n) is 6.38. The molecular weight excluding hydrogens is 425 g/mol. The second-order valence-electron chi connectivity index (χ2n) is 9.03. The van der Waals surface area contributed by atoms with Crippen molar-refractivity contribution in [1.29, 1.82) is 0 Å². The fourth-order valence-corrected chi connectivity index (χ4v) is 4.00. The highest BCUT2D eigenvalue weighted by molar-refractivity contribution is 6.01. The zero-order valence-electron chi connectivity index (χ0n) is 17.9. The van der Waals surface area contributed by atoms with Crippen molar-refractivity contribution < 1.29 is 13.7 Å². The number of hydrogen-bond acceptors (Lipinski definition) is 6. The number of aromatic nitrogens is 4. The Labute approximate surface area is 188 Å². The average molecular weight is 447 g/mol. The summed E-state index contributed by atoms with van der Waals surface area (Å²) in [5, 5.41) is 14.4. The third kappa shape index (κ3) is 3.47. The van der Waals surface area contributed by atoms with Gasteiger partial charge in [-0.15, -0.1) is 0 Å². The van der Waals surface area contributed by atoms with Crippen molar-refractivity contribution >= 4 is 34.3 Å². The fourth-order valence-electron chi connectivity index (χ4n) is 4.00. The van der Waals surface area contributed by atoms with Crippen LogP contribution in [0.3, 0.4) is 0 Å². The van der Waals surface area contributed by atoms with Gasteiger partial charge in [0.2, 0.25) is 0 Å². The van der Waals surface area contributed by atoms with Crippen molar-refractivity contribution in [3.05, 3.63) is 48.1 Å². The lowest BCUT2D eigenvalue weighted by molar-refractivity contribution is 0.261. The quantitative estimate of drug-likeness (QED) is 0.402. The van der Waals surface area contributed by atoms with Gasteiger partial charge in [-0.1, -0.05) is 18.1 Å². The van der Waals surface area contributed by atoms with Gasteiger partial charge < -0.3 is 15.6 Å². The summed E-state index contributed by atoms with van der Waals surface area (Å²) in [5.41, 5.74) is 8.18. The number of nitrogens with two attached hydrogens (primary N) is 1. The molecule has 3 heterocycles. The minimum atomic E-state index is -0.612. The topological polar surface area (TPSA) is 124 Å². The van der Waals surface area contributed by atoms with E-state index in [0.717, 1.165) is 37.0 Å². The molecule has 4 aromatic rings. The predicted molar refractivity (Wildman–Crippen MR) is 121 cm³/mol. The number of anilines is 3. The molecule has 2 saturated carbocycles. The predicted octanol–water partition coefficient (Wildman–Crippen LogP) is 4.84. The van der Waals surface area contributed by atoms with Gasteiger partial charge in [0.05, 0.1) is 22.6 Å². The Morgan fingerprint density at radius 1 is 1.24 bits per heavy atom. The number of carbonyl (C=O) groups excluding carboxylic acids is 1. The van der Waals surface area contributed by atoms with Gasteiger partial charge >= 0.3 is 6.03 Å². The van der Waals surface area contributed by atoms with Crippen molar-refractivity contribution in [2.75, 3.05) is 16.4 Å². The number of nitrogens with zero attached hydrogens (tertiary/aromatic N) is 4. The van der Waals surface area contributed by atoms with Crippen LogP contribution in [0.4, 0.5) is 26.5 Å². The number of nitrogen functional groups attached to an aromatic ring is 1. The first-order chi connectivity index (χ1) is 15.9. The van der Waals surface area contributed by atoms with Crippen LogP contribution >= 0.6 is 0 Å². The van der Waals surface area contributed by atoms with E-state index >= 15 is 0 Å². The number of halogens is 1. The van der Waals surface area contributed by atoms with Crippen molar-refractivity contribution in [2.24, 2.45) is 0 Å². The Morgan fingerprint density at radius 2 is 2.06 bits per heavy atom. The van der Waals surface area contributed by atoms with E-state index in [9.17, 15) is 9.18 Å².